The Bertz CT molecular complexity index is 656. The molecule has 3 heterocycles. The Morgan fingerprint density at radius 1 is 1.57 bits per heavy atom. The topological polar surface area (TPSA) is 84.1 Å². The maximum absolute atomic E-state index is 12.3. The van der Waals surface area contributed by atoms with Crippen LogP contribution in [-0.2, 0) is 4.79 Å². The summed E-state index contributed by atoms with van der Waals surface area (Å²) in [6, 6.07) is 1.94. The van der Waals surface area contributed by atoms with Crippen LogP contribution in [0.25, 0.3) is 10.2 Å². The number of nitrogens with one attached hydrogen (secondary N) is 1. The highest BCUT2D eigenvalue weighted by Gasteiger charge is 2.32. The molecule has 3 rings (SSSR count). The van der Waals surface area contributed by atoms with Crippen molar-refractivity contribution >= 4 is 33.3 Å². The maximum atomic E-state index is 12.3. The van der Waals surface area contributed by atoms with Crippen molar-refractivity contribution in [2.75, 3.05) is 24.5 Å². The van der Waals surface area contributed by atoms with E-state index in [1.807, 2.05) is 0 Å². The Balaban J connectivity index is 1.91. The fourth-order valence-corrected chi connectivity index (χ4v) is 3.64. The first-order valence-corrected chi connectivity index (χ1v) is 7.98. The van der Waals surface area contributed by atoms with Gasteiger partial charge in [0.1, 0.15) is 23.0 Å². The summed E-state index contributed by atoms with van der Waals surface area (Å²) >= 11 is 1.65. The summed E-state index contributed by atoms with van der Waals surface area (Å²) in [4.78, 5) is 25.3. The number of aryl methyl sites for hydroxylation is 1. The molecule has 0 radical (unpaired) electrons. The average molecular weight is 305 g/mol. The van der Waals surface area contributed by atoms with Crippen molar-refractivity contribution in [1.29, 1.82) is 0 Å². The number of fused-ring (bicyclic) bond motifs is 1. The lowest BCUT2D eigenvalue weighted by atomic mass is 10.2. The number of aromatic nitrogens is 2. The standard InChI is InChI=1S/C14H19N5OS/c1-9-7-10-12(17-8-18-14(10)21-9)19-6-2-3-11(19)13(20)16-5-4-15/h7-8,11H,2-6,15H2,1H3,(H,16,20). The van der Waals surface area contributed by atoms with Crippen LogP contribution in [0.4, 0.5) is 5.82 Å². The number of nitrogens with zero attached hydrogens (tertiary/aromatic N) is 3. The Labute approximate surface area is 127 Å². The zero-order valence-electron chi connectivity index (χ0n) is 12.0. The van der Waals surface area contributed by atoms with Gasteiger partial charge in [-0.05, 0) is 25.8 Å². The van der Waals surface area contributed by atoms with E-state index in [9.17, 15) is 4.79 Å². The molecule has 1 amide bonds. The van der Waals surface area contributed by atoms with Crippen LogP contribution in [0.5, 0.6) is 0 Å². The molecule has 1 atom stereocenters. The van der Waals surface area contributed by atoms with Gasteiger partial charge in [0.15, 0.2) is 0 Å². The molecule has 0 aliphatic carbocycles. The molecule has 2 aromatic rings. The molecule has 1 aliphatic rings. The second-order valence-corrected chi connectivity index (χ2v) is 6.44. The molecule has 2 aromatic heterocycles. The smallest absolute Gasteiger partial charge is 0.242 e. The van der Waals surface area contributed by atoms with Crippen molar-refractivity contribution in [3.63, 3.8) is 0 Å². The fraction of sp³-hybridized carbons (Fsp3) is 0.500. The van der Waals surface area contributed by atoms with E-state index in [0.717, 1.165) is 35.4 Å². The second-order valence-electron chi connectivity index (χ2n) is 5.20. The number of carbonyl (C=O) groups is 1. The largest absolute Gasteiger partial charge is 0.353 e. The minimum absolute atomic E-state index is 0.0386. The number of thiophene rings is 1. The highest BCUT2D eigenvalue weighted by Crippen LogP contribution is 2.33. The van der Waals surface area contributed by atoms with Gasteiger partial charge in [0, 0.05) is 24.5 Å². The van der Waals surface area contributed by atoms with E-state index in [1.54, 1.807) is 17.7 Å². The van der Waals surface area contributed by atoms with Crippen molar-refractivity contribution in [2.24, 2.45) is 5.73 Å². The third-order valence-electron chi connectivity index (χ3n) is 3.70. The number of nitrogens with two attached hydrogens (primary N) is 1. The van der Waals surface area contributed by atoms with Crippen LogP contribution in [0.3, 0.4) is 0 Å². The van der Waals surface area contributed by atoms with Gasteiger partial charge in [-0.15, -0.1) is 11.3 Å². The van der Waals surface area contributed by atoms with E-state index in [2.05, 4.69) is 33.2 Å². The first kappa shape index (κ1) is 14.2. The van der Waals surface area contributed by atoms with Gasteiger partial charge in [-0.1, -0.05) is 0 Å². The lowest BCUT2D eigenvalue weighted by Crippen LogP contribution is -2.45. The van der Waals surface area contributed by atoms with Gasteiger partial charge in [0.05, 0.1) is 5.39 Å². The maximum Gasteiger partial charge on any atom is 0.242 e. The molecule has 0 spiro atoms. The Morgan fingerprint density at radius 3 is 3.24 bits per heavy atom. The minimum Gasteiger partial charge on any atom is -0.353 e. The van der Waals surface area contributed by atoms with E-state index >= 15 is 0 Å². The Morgan fingerprint density at radius 2 is 2.43 bits per heavy atom. The van der Waals surface area contributed by atoms with E-state index in [1.165, 1.54) is 4.88 Å². The number of carbonyl (C=O) groups excluding carboxylic acids is 1. The molecule has 112 valence electrons. The van der Waals surface area contributed by atoms with Gasteiger partial charge in [-0.3, -0.25) is 4.79 Å². The van der Waals surface area contributed by atoms with Crippen LogP contribution in [0.15, 0.2) is 12.4 Å². The summed E-state index contributed by atoms with van der Waals surface area (Å²) in [5, 5.41) is 3.92. The lowest BCUT2D eigenvalue weighted by Gasteiger charge is -2.25. The number of rotatable bonds is 4. The molecule has 1 saturated heterocycles. The SMILES string of the molecule is Cc1cc2c(N3CCCC3C(=O)NCCN)ncnc2s1. The van der Waals surface area contributed by atoms with Crippen LogP contribution in [0, 0.1) is 6.92 Å². The third kappa shape index (κ3) is 2.71. The average Bonchev–Trinajstić information content (AvgIpc) is 3.09. The Kier molecular flexibility index (Phi) is 4.03. The molecule has 21 heavy (non-hydrogen) atoms. The van der Waals surface area contributed by atoms with Gasteiger partial charge in [0.25, 0.3) is 0 Å². The van der Waals surface area contributed by atoms with Crippen molar-refractivity contribution in [3.8, 4) is 0 Å². The molecule has 1 unspecified atom stereocenters. The lowest BCUT2D eigenvalue weighted by molar-refractivity contribution is -0.122. The first-order valence-electron chi connectivity index (χ1n) is 7.16. The molecule has 0 aromatic carbocycles. The summed E-state index contributed by atoms with van der Waals surface area (Å²) in [5.74, 6) is 0.909. The van der Waals surface area contributed by atoms with Gasteiger partial charge in [-0.2, -0.15) is 0 Å². The van der Waals surface area contributed by atoms with Crippen LogP contribution in [0.1, 0.15) is 17.7 Å². The predicted molar refractivity (Wildman–Crippen MR) is 84.6 cm³/mol. The van der Waals surface area contributed by atoms with Crippen molar-refractivity contribution < 1.29 is 4.79 Å². The van der Waals surface area contributed by atoms with E-state index in [4.69, 9.17) is 5.73 Å². The molecular formula is C14H19N5OS. The van der Waals surface area contributed by atoms with Gasteiger partial charge < -0.3 is 16.0 Å². The Hall–Kier alpha value is -1.73. The number of hydrogen-bond donors (Lipinski definition) is 2. The summed E-state index contributed by atoms with van der Waals surface area (Å²) in [5.41, 5.74) is 5.45. The van der Waals surface area contributed by atoms with E-state index < -0.39 is 0 Å². The molecular weight excluding hydrogens is 286 g/mol. The van der Waals surface area contributed by atoms with Gasteiger partial charge in [-0.25, -0.2) is 9.97 Å². The molecule has 6 nitrogen and oxygen atoms in total. The van der Waals surface area contributed by atoms with Gasteiger partial charge in [0.2, 0.25) is 5.91 Å². The van der Waals surface area contributed by atoms with Gasteiger partial charge >= 0.3 is 0 Å². The van der Waals surface area contributed by atoms with Crippen LogP contribution < -0.4 is 16.0 Å². The van der Waals surface area contributed by atoms with E-state index in [-0.39, 0.29) is 11.9 Å². The molecule has 0 saturated carbocycles. The predicted octanol–water partition coefficient (Wildman–Crippen LogP) is 1.04. The van der Waals surface area contributed by atoms with Crippen molar-refractivity contribution in [3.05, 3.63) is 17.3 Å². The highest BCUT2D eigenvalue weighted by molar-refractivity contribution is 7.18. The monoisotopic (exact) mass is 305 g/mol. The zero-order valence-corrected chi connectivity index (χ0v) is 12.8. The minimum atomic E-state index is -0.158. The molecule has 0 bridgehead atoms. The quantitative estimate of drug-likeness (QED) is 0.882. The van der Waals surface area contributed by atoms with Crippen LogP contribution >= 0.6 is 11.3 Å². The summed E-state index contributed by atoms with van der Waals surface area (Å²) in [7, 11) is 0. The number of hydrogen-bond acceptors (Lipinski definition) is 6. The summed E-state index contributed by atoms with van der Waals surface area (Å²) in [6.07, 6.45) is 3.43. The normalized spacial score (nSPS) is 18.4. The molecule has 7 heteroatoms. The van der Waals surface area contributed by atoms with Crippen LogP contribution in [0.2, 0.25) is 0 Å². The summed E-state index contributed by atoms with van der Waals surface area (Å²) < 4.78 is 0. The van der Waals surface area contributed by atoms with Crippen molar-refractivity contribution in [2.45, 2.75) is 25.8 Å². The van der Waals surface area contributed by atoms with E-state index in [0.29, 0.717) is 13.1 Å². The highest BCUT2D eigenvalue weighted by atomic mass is 32.1. The third-order valence-corrected chi connectivity index (χ3v) is 4.66. The second kappa shape index (κ2) is 5.95. The molecule has 1 aliphatic heterocycles. The molecule has 1 fully saturated rings. The van der Waals surface area contributed by atoms with Crippen molar-refractivity contribution in [1.82, 2.24) is 15.3 Å². The first-order chi connectivity index (χ1) is 10.2. The number of amides is 1. The summed E-state index contributed by atoms with van der Waals surface area (Å²) in [6.45, 7) is 3.88. The molecule has 3 N–H and O–H groups in total. The number of anilines is 1. The fourth-order valence-electron chi connectivity index (χ4n) is 2.80. The zero-order chi connectivity index (χ0) is 14.8. The van der Waals surface area contributed by atoms with Crippen LogP contribution in [-0.4, -0.2) is 41.6 Å².